The predicted octanol–water partition coefficient (Wildman–Crippen LogP) is 0.782. The lowest BCUT2D eigenvalue weighted by molar-refractivity contribution is -0.154. The standard InChI is InChI=1S/C12H19NO4/c1-8-9(3-6-17-8)10(14)13-7-12(11(15)16)4-2-5-12/h8-9H,2-7H2,1H3,(H,13,14)(H,15,16). The van der Waals surface area contributed by atoms with Crippen molar-refractivity contribution < 1.29 is 19.4 Å². The van der Waals surface area contributed by atoms with Gasteiger partial charge in [0.25, 0.3) is 0 Å². The molecule has 96 valence electrons. The Morgan fingerprint density at radius 1 is 1.47 bits per heavy atom. The first-order chi connectivity index (χ1) is 8.05. The number of ether oxygens (including phenoxy) is 1. The van der Waals surface area contributed by atoms with Crippen molar-refractivity contribution in [3.8, 4) is 0 Å². The SMILES string of the molecule is CC1OCCC1C(=O)NCC1(C(=O)O)CCC1. The molecule has 2 fully saturated rings. The van der Waals surface area contributed by atoms with Gasteiger partial charge >= 0.3 is 5.97 Å². The van der Waals surface area contributed by atoms with Gasteiger partial charge < -0.3 is 15.2 Å². The molecule has 0 aromatic heterocycles. The molecule has 1 saturated heterocycles. The topological polar surface area (TPSA) is 75.6 Å². The molecule has 2 N–H and O–H groups in total. The minimum Gasteiger partial charge on any atom is -0.481 e. The molecular weight excluding hydrogens is 222 g/mol. The third-order valence-electron chi connectivity index (χ3n) is 4.08. The van der Waals surface area contributed by atoms with Gasteiger partial charge in [-0.05, 0) is 26.2 Å². The highest BCUT2D eigenvalue weighted by Gasteiger charge is 2.45. The molecule has 2 atom stereocenters. The molecule has 2 unspecified atom stereocenters. The summed E-state index contributed by atoms with van der Waals surface area (Å²) in [6, 6.07) is 0. The number of amides is 1. The molecule has 0 radical (unpaired) electrons. The Bertz CT molecular complexity index is 324. The maximum absolute atomic E-state index is 11.9. The molecule has 2 aliphatic rings. The van der Waals surface area contributed by atoms with Crippen LogP contribution in [0.2, 0.25) is 0 Å². The first-order valence-corrected chi connectivity index (χ1v) is 6.18. The molecule has 1 aliphatic heterocycles. The Morgan fingerprint density at radius 3 is 2.59 bits per heavy atom. The van der Waals surface area contributed by atoms with Crippen LogP contribution in [0, 0.1) is 11.3 Å². The van der Waals surface area contributed by atoms with Gasteiger partial charge in [0.05, 0.1) is 17.4 Å². The van der Waals surface area contributed by atoms with Crippen LogP contribution in [0.3, 0.4) is 0 Å². The van der Waals surface area contributed by atoms with Gasteiger partial charge in [0, 0.05) is 13.2 Å². The lowest BCUT2D eigenvalue weighted by Gasteiger charge is -2.37. The summed E-state index contributed by atoms with van der Waals surface area (Å²) in [4.78, 5) is 23.0. The average molecular weight is 241 g/mol. The second kappa shape index (κ2) is 4.64. The summed E-state index contributed by atoms with van der Waals surface area (Å²) in [5, 5.41) is 11.9. The Balaban J connectivity index is 1.85. The average Bonchev–Trinajstić information content (AvgIpc) is 2.62. The van der Waals surface area contributed by atoms with Crippen molar-refractivity contribution in [2.24, 2.45) is 11.3 Å². The van der Waals surface area contributed by atoms with E-state index in [-0.39, 0.29) is 24.5 Å². The molecule has 17 heavy (non-hydrogen) atoms. The molecule has 1 saturated carbocycles. The number of nitrogens with one attached hydrogen (secondary N) is 1. The highest BCUT2D eigenvalue weighted by molar-refractivity contribution is 5.81. The predicted molar refractivity (Wildman–Crippen MR) is 60.5 cm³/mol. The Kier molecular flexibility index (Phi) is 3.38. The van der Waals surface area contributed by atoms with Crippen molar-refractivity contribution in [3.05, 3.63) is 0 Å². The summed E-state index contributed by atoms with van der Waals surface area (Å²) in [6.45, 7) is 2.75. The van der Waals surface area contributed by atoms with Gasteiger partial charge in [0.1, 0.15) is 0 Å². The van der Waals surface area contributed by atoms with Crippen LogP contribution in [0.5, 0.6) is 0 Å². The minimum absolute atomic E-state index is 0.0582. The van der Waals surface area contributed by atoms with E-state index in [9.17, 15) is 9.59 Å². The van der Waals surface area contributed by atoms with Crippen LogP contribution in [0.1, 0.15) is 32.6 Å². The van der Waals surface area contributed by atoms with E-state index in [1.54, 1.807) is 0 Å². The fourth-order valence-electron chi connectivity index (χ4n) is 2.53. The van der Waals surface area contributed by atoms with Crippen LogP contribution in [0.25, 0.3) is 0 Å². The summed E-state index contributed by atoms with van der Waals surface area (Å²) in [5.41, 5.74) is -0.710. The summed E-state index contributed by atoms with van der Waals surface area (Å²) >= 11 is 0. The van der Waals surface area contributed by atoms with Crippen LogP contribution >= 0.6 is 0 Å². The number of carbonyl (C=O) groups is 2. The number of rotatable bonds is 4. The fourth-order valence-corrected chi connectivity index (χ4v) is 2.53. The number of hydrogen-bond acceptors (Lipinski definition) is 3. The Morgan fingerprint density at radius 2 is 2.18 bits per heavy atom. The number of carboxylic acids is 1. The summed E-state index contributed by atoms with van der Waals surface area (Å²) < 4.78 is 5.33. The van der Waals surface area contributed by atoms with E-state index < -0.39 is 11.4 Å². The number of carbonyl (C=O) groups excluding carboxylic acids is 1. The molecule has 5 heteroatoms. The van der Waals surface area contributed by atoms with Crippen molar-refractivity contribution in [1.29, 1.82) is 0 Å². The second-order valence-corrected chi connectivity index (χ2v) is 5.13. The molecular formula is C12H19NO4. The Hall–Kier alpha value is -1.10. The van der Waals surface area contributed by atoms with E-state index in [0.717, 1.165) is 12.8 Å². The smallest absolute Gasteiger partial charge is 0.311 e. The van der Waals surface area contributed by atoms with Crippen molar-refractivity contribution in [2.45, 2.75) is 38.7 Å². The van der Waals surface area contributed by atoms with Gasteiger partial charge in [-0.25, -0.2) is 0 Å². The van der Waals surface area contributed by atoms with Crippen molar-refractivity contribution in [2.75, 3.05) is 13.2 Å². The van der Waals surface area contributed by atoms with E-state index in [1.807, 2.05) is 6.92 Å². The van der Waals surface area contributed by atoms with Crippen LogP contribution in [-0.2, 0) is 14.3 Å². The van der Waals surface area contributed by atoms with Gasteiger partial charge in [-0.1, -0.05) is 6.42 Å². The number of aliphatic carboxylic acids is 1. The van der Waals surface area contributed by atoms with Crippen LogP contribution < -0.4 is 5.32 Å². The molecule has 1 heterocycles. The Labute approximate surface area is 101 Å². The zero-order valence-corrected chi connectivity index (χ0v) is 10.1. The maximum atomic E-state index is 11.9. The molecule has 0 aromatic rings. The molecule has 0 bridgehead atoms. The van der Waals surface area contributed by atoms with E-state index in [1.165, 1.54) is 0 Å². The number of carboxylic acid groups (broad SMARTS) is 1. The molecule has 1 aliphatic carbocycles. The van der Waals surface area contributed by atoms with E-state index in [2.05, 4.69) is 5.32 Å². The summed E-state index contributed by atoms with van der Waals surface area (Å²) in [5.74, 6) is -0.983. The highest BCUT2D eigenvalue weighted by atomic mass is 16.5. The van der Waals surface area contributed by atoms with Crippen molar-refractivity contribution in [1.82, 2.24) is 5.32 Å². The molecule has 1 amide bonds. The summed E-state index contributed by atoms with van der Waals surface area (Å²) in [7, 11) is 0. The highest BCUT2D eigenvalue weighted by Crippen LogP contribution is 2.40. The van der Waals surface area contributed by atoms with Gasteiger partial charge in [0.2, 0.25) is 5.91 Å². The van der Waals surface area contributed by atoms with Gasteiger partial charge in [-0.3, -0.25) is 9.59 Å². The third kappa shape index (κ3) is 2.29. The maximum Gasteiger partial charge on any atom is 0.311 e. The van der Waals surface area contributed by atoms with Crippen LogP contribution in [0.15, 0.2) is 0 Å². The molecule has 0 spiro atoms. The monoisotopic (exact) mass is 241 g/mol. The van der Waals surface area contributed by atoms with Crippen molar-refractivity contribution in [3.63, 3.8) is 0 Å². The van der Waals surface area contributed by atoms with Gasteiger partial charge in [0.15, 0.2) is 0 Å². The molecule has 5 nitrogen and oxygen atoms in total. The number of hydrogen-bond donors (Lipinski definition) is 2. The quantitative estimate of drug-likeness (QED) is 0.762. The van der Waals surface area contributed by atoms with Crippen LogP contribution in [0.4, 0.5) is 0 Å². The first-order valence-electron chi connectivity index (χ1n) is 6.18. The first kappa shape index (κ1) is 12.4. The van der Waals surface area contributed by atoms with E-state index >= 15 is 0 Å². The normalized spacial score (nSPS) is 30.6. The second-order valence-electron chi connectivity index (χ2n) is 5.13. The van der Waals surface area contributed by atoms with Gasteiger partial charge in [-0.15, -0.1) is 0 Å². The zero-order valence-electron chi connectivity index (χ0n) is 10.1. The van der Waals surface area contributed by atoms with Crippen molar-refractivity contribution >= 4 is 11.9 Å². The van der Waals surface area contributed by atoms with Gasteiger partial charge in [-0.2, -0.15) is 0 Å². The summed E-state index contributed by atoms with van der Waals surface area (Å²) in [6.07, 6.45) is 2.94. The molecule has 0 aromatic carbocycles. The van der Waals surface area contributed by atoms with E-state index in [0.29, 0.717) is 19.4 Å². The lowest BCUT2D eigenvalue weighted by atomic mass is 9.68. The minimum atomic E-state index is -0.792. The lowest BCUT2D eigenvalue weighted by Crippen LogP contribution is -2.49. The zero-order chi connectivity index (χ0) is 12.5. The fraction of sp³-hybridized carbons (Fsp3) is 0.833. The molecule has 2 rings (SSSR count). The van der Waals surface area contributed by atoms with E-state index in [4.69, 9.17) is 9.84 Å². The van der Waals surface area contributed by atoms with Crippen LogP contribution in [-0.4, -0.2) is 36.2 Å². The third-order valence-corrected chi connectivity index (χ3v) is 4.08. The largest absolute Gasteiger partial charge is 0.481 e.